The third-order valence-electron chi connectivity index (χ3n) is 8.01. The number of unbranched alkanes of at least 4 members (excludes halogenated alkanes) is 12. The van der Waals surface area contributed by atoms with Gasteiger partial charge in [0.25, 0.3) is 0 Å². The quantitative estimate of drug-likeness (QED) is 0.0190. The molecule has 0 bridgehead atoms. The van der Waals surface area contributed by atoms with E-state index >= 15 is 0 Å². The number of phosphoric ester groups is 3. The lowest BCUT2D eigenvalue weighted by Gasteiger charge is -2.44. The number of carbonyl (C=O) groups excluding carboxylic acids is 2. The van der Waals surface area contributed by atoms with E-state index in [4.69, 9.17) is 34.7 Å². The second-order valence-electron chi connectivity index (χ2n) is 12.8. The van der Waals surface area contributed by atoms with Gasteiger partial charge in [0.15, 0.2) is 6.10 Å². The third kappa shape index (κ3) is 26.7. The van der Waals surface area contributed by atoms with Gasteiger partial charge in [-0.2, -0.15) is 0 Å². The van der Waals surface area contributed by atoms with Crippen LogP contribution in [0.3, 0.4) is 0 Å². The Morgan fingerprint density at radius 2 is 1.07 bits per heavy atom. The number of aliphatic hydroxyl groups excluding tert-OH is 3. The maximum absolute atomic E-state index is 12.9. The number of hydrogen-bond donors (Lipinski definition) is 9. The fourth-order valence-electron chi connectivity index (χ4n) is 5.34. The van der Waals surface area contributed by atoms with Crippen LogP contribution in [0.15, 0.2) is 0 Å². The molecule has 350 valence electrons. The number of esters is 2. The van der Waals surface area contributed by atoms with Crippen LogP contribution in [0, 0.1) is 59.7 Å². The van der Waals surface area contributed by atoms with Gasteiger partial charge in [0, 0.05) is 25.2 Å². The molecule has 0 aromatic heterocycles. The molecular weight excluding hydrogens is 843 g/mol. The number of carbonyl (C=O) groups is 2. The van der Waals surface area contributed by atoms with Gasteiger partial charge in [0.2, 0.25) is 0 Å². The third-order valence-corrected chi connectivity index (χ3v) is 10.0. The summed E-state index contributed by atoms with van der Waals surface area (Å²) in [5, 5.41) is 31.6. The molecular formula is C36H72NO19P3. The van der Waals surface area contributed by atoms with Crippen molar-refractivity contribution in [3.8, 4) is 59.7 Å². The minimum absolute atomic E-state index is 0. The Hall–Kier alpha value is -3.09. The van der Waals surface area contributed by atoms with Crippen LogP contribution in [-0.2, 0) is 50.9 Å². The Morgan fingerprint density at radius 1 is 0.627 bits per heavy atom. The van der Waals surface area contributed by atoms with Crippen LogP contribution in [0.4, 0.5) is 0 Å². The summed E-state index contributed by atoms with van der Waals surface area (Å²) in [4.78, 5) is 72.1. The normalized spacial score (nSPS) is 21.4. The molecule has 0 spiro atoms. The van der Waals surface area contributed by atoms with Gasteiger partial charge in [-0.25, -0.2) is 18.5 Å². The summed E-state index contributed by atoms with van der Waals surface area (Å²) >= 11 is 0. The average molecular weight is 916 g/mol. The maximum atomic E-state index is 12.9. The van der Waals surface area contributed by atoms with Gasteiger partial charge in [-0.3, -0.25) is 22.9 Å². The molecule has 4 unspecified atom stereocenters. The Labute approximate surface area is 357 Å². The second-order valence-corrected chi connectivity index (χ2v) is 16.6. The topological polar surface area (TPSA) is 338 Å². The van der Waals surface area contributed by atoms with Gasteiger partial charge in [0.05, 0.1) is 6.61 Å². The summed E-state index contributed by atoms with van der Waals surface area (Å²) in [6.07, 6.45) is 2.00. The zero-order valence-electron chi connectivity index (χ0n) is 32.5. The zero-order chi connectivity index (χ0) is 43.6. The number of phosphoric acid groups is 3. The van der Waals surface area contributed by atoms with E-state index in [2.05, 4.69) is 57.4 Å². The highest BCUT2D eigenvalue weighted by Crippen LogP contribution is 2.51. The van der Waals surface area contributed by atoms with Crippen LogP contribution < -0.4 is 6.15 Å². The van der Waals surface area contributed by atoms with Crippen molar-refractivity contribution >= 4 is 35.4 Å². The molecule has 0 radical (unpaired) electrons. The van der Waals surface area contributed by atoms with Crippen LogP contribution >= 0.6 is 23.5 Å². The largest absolute Gasteiger partial charge is 0.472 e. The van der Waals surface area contributed by atoms with Crippen LogP contribution in [0.1, 0.15) is 110 Å². The van der Waals surface area contributed by atoms with Crippen LogP contribution in [0.2, 0.25) is 0 Å². The summed E-state index contributed by atoms with van der Waals surface area (Å²) in [7, 11) is -16.7. The van der Waals surface area contributed by atoms with Crippen molar-refractivity contribution < 1.29 is 103 Å². The van der Waals surface area contributed by atoms with Crippen molar-refractivity contribution in [3.05, 3.63) is 0 Å². The van der Waals surface area contributed by atoms with E-state index in [9.17, 15) is 53.3 Å². The zero-order valence-corrected chi connectivity index (χ0v) is 35.2. The van der Waals surface area contributed by atoms with Crippen molar-refractivity contribution in [1.82, 2.24) is 6.15 Å². The number of terminal acetylenes is 1. The van der Waals surface area contributed by atoms with Crippen LogP contribution in [0.5, 0.6) is 0 Å². The van der Waals surface area contributed by atoms with E-state index in [1.165, 1.54) is 44.9 Å². The van der Waals surface area contributed by atoms with Gasteiger partial charge in [-0.1, -0.05) is 84.0 Å². The van der Waals surface area contributed by atoms with E-state index in [1.807, 2.05) is 11.8 Å². The molecule has 0 aliphatic heterocycles. The predicted molar refractivity (Wildman–Crippen MR) is 228 cm³/mol. The van der Waals surface area contributed by atoms with Crippen molar-refractivity contribution in [2.45, 2.75) is 140 Å². The van der Waals surface area contributed by atoms with Gasteiger partial charge >= 0.3 is 35.4 Å². The molecule has 0 heterocycles. The summed E-state index contributed by atoms with van der Waals surface area (Å²) < 4.78 is 64.3. The standard InChI is InChI=1S/C36H51O19P3.H3N.9H2/c1-3-5-7-9-11-13-14-15-16-17-19-21-23-25-30(38)52-28(26-50-29(37)24-22-20-18-12-10-8-6-4-2)27-51-58(48,49)55-34-31(39)32(40)35(53-56(42,43)44)36(33(34)41)54-57(45,46)47;;;;;;;;;;/h2,28,31-36,39-41H,3,5,7,9,11,13-17,19,21,23,25-27H2,1H3,(H,48,49)(H2,42,43,44)(H2,45,46,47);1H3;9*1H/t28-,31?,32-,33+,34?,35?,36+;;;;;;;;;;/m1........../s1. The highest BCUT2D eigenvalue weighted by molar-refractivity contribution is 7.47. The highest BCUT2D eigenvalue weighted by Gasteiger charge is 2.56. The molecule has 23 heteroatoms. The molecule has 1 aliphatic rings. The monoisotopic (exact) mass is 915 g/mol. The molecule has 59 heavy (non-hydrogen) atoms. The molecule has 1 fully saturated rings. The van der Waals surface area contributed by atoms with Crippen LogP contribution in [0.25, 0.3) is 0 Å². The molecule has 0 amide bonds. The number of aliphatic hydroxyl groups is 3. The number of rotatable bonds is 26. The lowest BCUT2D eigenvalue weighted by molar-refractivity contribution is -0.213. The SMILES string of the molecule is C#CC#CC#CC#CC#CC(=O)OC[C@H](COP(=O)(O)OC1C(O)[C@@H](O)C(OP(=O)(O)O)[C@@H](OP(=O)(O)O)[C@H]1O)OC(=O)CCCCCCCCCCCCCCC.N.[HH].[HH].[HH].[HH].[HH].[HH].[HH].[HH].[HH]. The molecule has 11 N–H and O–H groups in total. The first-order valence-corrected chi connectivity index (χ1v) is 22.9. The van der Waals surface area contributed by atoms with Gasteiger partial charge in [0.1, 0.15) is 43.2 Å². The van der Waals surface area contributed by atoms with E-state index in [-0.39, 0.29) is 25.4 Å². The Kier molecular flexibility index (Phi) is 28.4. The summed E-state index contributed by atoms with van der Waals surface area (Å²) in [5.74, 6) is 17.9. The molecule has 8 atom stereocenters. The first-order chi connectivity index (χ1) is 27.3. The minimum Gasteiger partial charge on any atom is -0.456 e. The highest BCUT2D eigenvalue weighted by atomic mass is 31.2. The van der Waals surface area contributed by atoms with Crippen molar-refractivity contribution in [2.24, 2.45) is 0 Å². The van der Waals surface area contributed by atoms with Gasteiger partial charge < -0.3 is 55.4 Å². The smallest absolute Gasteiger partial charge is 0.456 e. The molecule has 1 saturated carbocycles. The molecule has 0 aromatic carbocycles. The predicted octanol–water partition coefficient (Wildman–Crippen LogP) is 4.50. The van der Waals surface area contributed by atoms with E-state index in [1.54, 1.807) is 0 Å². The van der Waals surface area contributed by atoms with Gasteiger partial charge in [-0.15, -0.1) is 6.42 Å². The number of hydrogen-bond acceptors (Lipinski definition) is 15. The first kappa shape index (κ1) is 55.9. The first-order valence-electron chi connectivity index (χ1n) is 18.3. The Bertz CT molecular complexity index is 1780. The molecule has 20 nitrogen and oxygen atoms in total. The van der Waals surface area contributed by atoms with Crippen LogP contribution in [-0.4, -0.2) is 108 Å². The lowest BCUT2D eigenvalue weighted by Crippen LogP contribution is -2.65. The van der Waals surface area contributed by atoms with Crippen molar-refractivity contribution in [2.75, 3.05) is 13.2 Å². The summed E-state index contributed by atoms with van der Waals surface area (Å²) in [6.45, 7) is 0.379. The van der Waals surface area contributed by atoms with E-state index in [0.717, 1.165) is 25.7 Å². The minimum atomic E-state index is -5.62. The molecule has 1 aliphatic carbocycles. The maximum Gasteiger partial charge on any atom is 0.472 e. The second kappa shape index (κ2) is 30.0. The van der Waals surface area contributed by atoms with Crippen molar-refractivity contribution in [3.63, 3.8) is 0 Å². The Morgan fingerprint density at radius 3 is 1.56 bits per heavy atom. The average Bonchev–Trinajstić information content (AvgIpc) is 3.14. The fraction of sp³-hybridized carbons (Fsp3) is 0.667. The lowest BCUT2D eigenvalue weighted by atomic mass is 9.85. The Balaban J connectivity index is -0.000000420. The summed E-state index contributed by atoms with van der Waals surface area (Å²) in [5.41, 5.74) is 0. The molecule has 0 saturated heterocycles. The van der Waals surface area contributed by atoms with E-state index in [0.29, 0.717) is 12.8 Å². The molecule has 1 rings (SSSR count). The number of ether oxygens (including phenoxy) is 2. The summed E-state index contributed by atoms with van der Waals surface area (Å²) in [6, 6.07) is 0. The molecule has 0 aromatic rings. The van der Waals surface area contributed by atoms with Crippen molar-refractivity contribution in [1.29, 1.82) is 0 Å². The van der Waals surface area contributed by atoms with E-state index < -0.39 is 91.3 Å². The van der Waals surface area contributed by atoms with Gasteiger partial charge in [-0.05, 0) is 53.8 Å². The fourth-order valence-corrected chi connectivity index (χ4v) is 7.44.